The van der Waals surface area contributed by atoms with E-state index in [-0.39, 0.29) is 17.9 Å². The van der Waals surface area contributed by atoms with Crippen molar-refractivity contribution in [1.29, 1.82) is 0 Å². The van der Waals surface area contributed by atoms with Crippen molar-refractivity contribution in [2.75, 3.05) is 18.5 Å². The molecule has 0 saturated carbocycles. The number of nitrogens with one attached hydrogen (secondary N) is 2. The number of hydrogen-bond acceptors (Lipinski definition) is 5. The van der Waals surface area contributed by atoms with Crippen LogP contribution in [0.3, 0.4) is 0 Å². The third-order valence-electron chi connectivity index (χ3n) is 3.76. The van der Waals surface area contributed by atoms with Gasteiger partial charge in [0, 0.05) is 10.6 Å². The fraction of sp³-hybridized carbons (Fsp3) is 0.350. The van der Waals surface area contributed by atoms with Crippen molar-refractivity contribution in [3.8, 4) is 0 Å². The van der Waals surface area contributed by atoms with Crippen molar-refractivity contribution >= 4 is 34.8 Å². The highest BCUT2D eigenvalue weighted by molar-refractivity contribution is 7.13. The number of thiophene rings is 1. The summed E-state index contributed by atoms with van der Waals surface area (Å²) in [6.45, 7) is 7.53. The summed E-state index contributed by atoms with van der Waals surface area (Å²) < 4.78 is 4.88. The van der Waals surface area contributed by atoms with E-state index in [2.05, 4.69) is 31.4 Å². The Hall–Kier alpha value is -2.67. The molecule has 144 valence electrons. The van der Waals surface area contributed by atoms with Gasteiger partial charge in [-0.05, 0) is 42.2 Å². The number of hydrogen-bond donors (Lipinski definition) is 2. The van der Waals surface area contributed by atoms with Crippen LogP contribution < -0.4 is 10.6 Å². The van der Waals surface area contributed by atoms with Gasteiger partial charge in [-0.1, -0.05) is 32.9 Å². The number of ether oxygens (including phenoxy) is 1. The molecule has 0 atom stereocenters. The van der Waals surface area contributed by atoms with Crippen molar-refractivity contribution in [2.45, 2.75) is 33.1 Å². The number of benzene rings is 1. The summed E-state index contributed by atoms with van der Waals surface area (Å²) in [6.07, 6.45) is 0. The molecule has 2 rings (SSSR count). The number of carbonyl (C=O) groups excluding carboxylic acids is 3. The maximum Gasteiger partial charge on any atom is 0.325 e. The predicted molar refractivity (Wildman–Crippen MR) is 106 cm³/mol. The van der Waals surface area contributed by atoms with Crippen LogP contribution in [0.25, 0.3) is 0 Å². The molecule has 0 spiro atoms. The Kier molecular flexibility index (Phi) is 6.74. The predicted octanol–water partition coefficient (Wildman–Crippen LogP) is 3.27. The minimum Gasteiger partial charge on any atom is -0.454 e. The highest BCUT2D eigenvalue weighted by atomic mass is 32.1. The summed E-state index contributed by atoms with van der Waals surface area (Å²) in [5.41, 5.74) is 1.82. The lowest BCUT2D eigenvalue weighted by molar-refractivity contribution is -0.146. The Bertz CT molecular complexity index is 819. The Morgan fingerprint density at radius 1 is 1.04 bits per heavy atom. The zero-order chi connectivity index (χ0) is 20.0. The molecule has 0 saturated heterocycles. The molecule has 27 heavy (non-hydrogen) atoms. The summed E-state index contributed by atoms with van der Waals surface area (Å²) in [5, 5.41) is 5.14. The third-order valence-corrected chi connectivity index (χ3v) is 4.76. The van der Waals surface area contributed by atoms with Gasteiger partial charge in [0.1, 0.15) is 6.54 Å². The number of anilines is 1. The van der Waals surface area contributed by atoms with Crippen molar-refractivity contribution < 1.29 is 19.1 Å². The minimum atomic E-state index is -0.671. The van der Waals surface area contributed by atoms with Crippen LogP contribution in [0.1, 0.15) is 40.9 Å². The molecule has 0 aliphatic carbocycles. The van der Waals surface area contributed by atoms with E-state index in [9.17, 15) is 14.4 Å². The topological polar surface area (TPSA) is 84.5 Å². The molecule has 1 aromatic heterocycles. The molecule has 1 aromatic carbocycles. The Morgan fingerprint density at radius 2 is 1.70 bits per heavy atom. The highest BCUT2D eigenvalue weighted by Gasteiger charge is 2.14. The van der Waals surface area contributed by atoms with Gasteiger partial charge in [0.25, 0.3) is 11.8 Å². The first kappa shape index (κ1) is 20.6. The molecular weight excluding hydrogens is 364 g/mol. The van der Waals surface area contributed by atoms with E-state index in [1.807, 2.05) is 37.3 Å². The summed E-state index contributed by atoms with van der Waals surface area (Å²) in [6, 6.07) is 11.0. The summed E-state index contributed by atoms with van der Waals surface area (Å²) in [4.78, 5) is 37.0. The number of aryl methyl sites for hydroxylation is 1. The fourth-order valence-corrected chi connectivity index (χ4v) is 3.03. The van der Waals surface area contributed by atoms with Gasteiger partial charge in [-0.2, -0.15) is 0 Å². The van der Waals surface area contributed by atoms with Gasteiger partial charge in [0.05, 0.1) is 4.88 Å². The molecule has 2 aromatic rings. The normalized spacial score (nSPS) is 11.0. The third kappa shape index (κ3) is 6.53. The first-order valence-corrected chi connectivity index (χ1v) is 9.37. The maximum absolute atomic E-state index is 11.9. The van der Waals surface area contributed by atoms with E-state index in [1.54, 1.807) is 6.07 Å². The second-order valence-electron chi connectivity index (χ2n) is 7.13. The van der Waals surface area contributed by atoms with Crippen LogP contribution in [-0.2, 0) is 19.7 Å². The highest BCUT2D eigenvalue weighted by Crippen LogP contribution is 2.23. The lowest BCUT2D eigenvalue weighted by Crippen LogP contribution is -2.31. The average Bonchev–Trinajstić information content (AvgIpc) is 3.04. The van der Waals surface area contributed by atoms with Crippen LogP contribution in [0.15, 0.2) is 36.4 Å². The molecule has 0 aliphatic rings. The Labute approximate surface area is 162 Å². The van der Waals surface area contributed by atoms with Crippen molar-refractivity contribution in [1.82, 2.24) is 5.32 Å². The zero-order valence-electron chi connectivity index (χ0n) is 15.9. The minimum absolute atomic E-state index is 0.0321. The van der Waals surface area contributed by atoms with Crippen LogP contribution in [0.5, 0.6) is 0 Å². The first-order chi connectivity index (χ1) is 12.6. The maximum atomic E-state index is 11.9. The Morgan fingerprint density at radius 3 is 2.26 bits per heavy atom. The zero-order valence-corrected chi connectivity index (χ0v) is 16.7. The molecule has 0 bridgehead atoms. The molecule has 0 fully saturated rings. The summed E-state index contributed by atoms with van der Waals surface area (Å²) >= 11 is 1.34. The second-order valence-corrected chi connectivity index (χ2v) is 8.42. The second kappa shape index (κ2) is 8.81. The standard InChI is InChI=1S/C20H24N2O4S/c1-13-5-10-16(27-13)19(25)21-11-18(24)26-12-17(23)22-15-8-6-14(7-9-15)20(2,3)4/h5-10H,11-12H2,1-4H3,(H,21,25)(H,22,23). The van der Waals surface area contributed by atoms with Crippen molar-refractivity contribution in [3.63, 3.8) is 0 Å². The van der Waals surface area contributed by atoms with Gasteiger partial charge in [0.15, 0.2) is 6.61 Å². The number of esters is 1. The van der Waals surface area contributed by atoms with Crippen LogP contribution in [0.2, 0.25) is 0 Å². The number of amides is 2. The van der Waals surface area contributed by atoms with Crippen LogP contribution in [-0.4, -0.2) is 30.9 Å². The molecule has 1 heterocycles. The lowest BCUT2D eigenvalue weighted by atomic mass is 9.87. The molecule has 2 N–H and O–H groups in total. The largest absolute Gasteiger partial charge is 0.454 e. The summed E-state index contributed by atoms with van der Waals surface area (Å²) in [5.74, 6) is -1.45. The van der Waals surface area contributed by atoms with Crippen LogP contribution in [0.4, 0.5) is 5.69 Å². The van der Waals surface area contributed by atoms with Gasteiger partial charge < -0.3 is 15.4 Å². The quantitative estimate of drug-likeness (QED) is 0.744. The molecular formula is C20H24N2O4S. The van der Waals surface area contributed by atoms with E-state index in [0.29, 0.717) is 10.6 Å². The monoisotopic (exact) mass is 388 g/mol. The average molecular weight is 388 g/mol. The molecule has 7 heteroatoms. The molecule has 6 nitrogen and oxygen atoms in total. The number of carbonyl (C=O) groups is 3. The Balaban J connectivity index is 1.73. The van der Waals surface area contributed by atoms with E-state index in [0.717, 1.165) is 10.4 Å². The van der Waals surface area contributed by atoms with E-state index in [4.69, 9.17) is 4.74 Å². The van der Waals surface area contributed by atoms with E-state index < -0.39 is 18.5 Å². The van der Waals surface area contributed by atoms with Gasteiger partial charge >= 0.3 is 5.97 Å². The van der Waals surface area contributed by atoms with Crippen LogP contribution >= 0.6 is 11.3 Å². The van der Waals surface area contributed by atoms with Gasteiger partial charge in [-0.25, -0.2) is 0 Å². The van der Waals surface area contributed by atoms with Crippen LogP contribution in [0, 0.1) is 6.92 Å². The fourth-order valence-electron chi connectivity index (χ4n) is 2.24. The molecule has 0 aliphatic heterocycles. The molecule has 2 amide bonds. The van der Waals surface area contributed by atoms with Crippen molar-refractivity contribution in [3.05, 3.63) is 51.7 Å². The molecule has 0 unspecified atom stereocenters. The van der Waals surface area contributed by atoms with E-state index in [1.165, 1.54) is 11.3 Å². The SMILES string of the molecule is Cc1ccc(C(=O)NCC(=O)OCC(=O)Nc2ccc(C(C)(C)C)cc2)s1. The smallest absolute Gasteiger partial charge is 0.325 e. The van der Waals surface area contributed by atoms with E-state index >= 15 is 0 Å². The lowest BCUT2D eigenvalue weighted by Gasteiger charge is -2.19. The van der Waals surface area contributed by atoms with Gasteiger partial charge in [-0.15, -0.1) is 11.3 Å². The van der Waals surface area contributed by atoms with Crippen molar-refractivity contribution in [2.24, 2.45) is 0 Å². The first-order valence-electron chi connectivity index (χ1n) is 8.56. The molecule has 0 radical (unpaired) electrons. The van der Waals surface area contributed by atoms with Gasteiger partial charge in [-0.3, -0.25) is 14.4 Å². The summed E-state index contributed by atoms with van der Waals surface area (Å²) in [7, 11) is 0. The number of rotatable bonds is 6. The van der Waals surface area contributed by atoms with Gasteiger partial charge in [0.2, 0.25) is 0 Å².